The van der Waals surface area contributed by atoms with Crippen LogP contribution in [0.5, 0.6) is 5.75 Å². The van der Waals surface area contributed by atoms with E-state index in [-0.39, 0.29) is 17.1 Å². The Bertz CT molecular complexity index is 1790. The Morgan fingerprint density at radius 2 is 1.83 bits per heavy atom. The second kappa shape index (κ2) is 13.0. The molecule has 2 aromatic carbocycles. The number of aliphatic carboxylic acids is 1. The van der Waals surface area contributed by atoms with Crippen LogP contribution < -0.4 is 15.4 Å². The zero-order chi connectivity index (χ0) is 32.5. The number of aromatic amines is 1. The third-order valence-electron chi connectivity index (χ3n) is 8.69. The molecular weight excluding hydrogens is 598 g/mol. The summed E-state index contributed by atoms with van der Waals surface area (Å²) in [5, 5.41) is 51.1. The fourth-order valence-corrected chi connectivity index (χ4v) is 6.10. The van der Waals surface area contributed by atoms with Crippen LogP contribution in [0.25, 0.3) is 21.9 Å². The number of nitrogens with one attached hydrogen (secondary N) is 1. The number of benzene rings is 2. The first-order valence-corrected chi connectivity index (χ1v) is 15.1. The molecule has 5 atom stereocenters. The fraction of sp³-hybridized carbons (Fsp3) is 0.406. The molecule has 46 heavy (non-hydrogen) atoms. The average molecular weight is 634 g/mol. The number of fused-ring (bicyclic) bond motifs is 2. The van der Waals surface area contributed by atoms with Crippen molar-refractivity contribution in [1.29, 1.82) is 5.26 Å². The third-order valence-corrected chi connectivity index (χ3v) is 8.69. The number of primary amides is 1. The Morgan fingerprint density at radius 1 is 1.04 bits per heavy atom. The minimum absolute atomic E-state index is 0.0411. The van der Waals surface area contributed by atoms with E-state index in [1.165, 1.54) is 0 Å². The Balaban J connectivity index is 1.01. The van der Waals surface area contributed by atoms with Crippen molar-refractivity contribution in [3.63, 3.8) is 0 Å². The molecule has 6 rings (SSSR count). The number of aromatic nitrogens is 1. The minimum atomic E-state index is -1.84. The summed E-state index contributed by atoms with van der Waals surface area (Å²) in [6.07, 6.45) is -4.22. The molecule has 2 aliphatic heterocycles. The number of rotatable bonds is 10. The lowest BCUT2D eigenvalue weighted by atomic mass is 9.99. The number of hydrogen-bond acceptors (Lipinski definition) is 11. The van der Waals surface area contributed by atoms with E-state index in [4.69, 9.17) is 19.6 Å². The summed E-state index contributed by atoms with van der Waals surface area (Å²) in [5.74, 6) is -1.91. The molecule has 0 aliphatic carbocycles. The van der Waals surface area contributed by atoms with Gasteiger partial charge >= 0.3 is 5.97 Å². The van der Waals surface area contributed by atoms with Crippen LogP contribution in [0.2, 0.25) is 0 Å². The number of nitrogens with two attached hydrogens (primary N) is 1. The standard InChI is InChI=1S/C32H35N5O9/c33-15-19-12-21-17(16-35-22(21)14-24(19)45-32-28(40)26(38)27(39)29(46-32)31(42)43)3-1-2-6-36-7-9-37(10-8-36)20-4-5-23-18(11-20)13-25(44-23)30(34)41/h4-5,11-14,16,26-29,32,35,38-40H,1-3,6-10H2,(H2,34,41)(H,42,43)/t26-,27-,28+,29-,32+/m1/s1. The van der Waals surface area contributed by atoms with Crippen LogP contribution in [0.4, 0.5) is 5.69 Å². The number of hydrogen-bond donors (Lipinski definition) is 6. The Labute approximate surface area is 263 Å². The number of aryl methyl sites for hydroxylation is 1. The molecule has 14 nitrogen and oxygen atoms in total. The number of nitrogens with zero attached hydrogens (tertiary/aromatic N) is 3. The lowest BCUT2D eigenvalue weighted by Gasteiger charge is -2.38. The van der Waals surface area contributed by atoms with Gasteiger partial charge in [0.15, 0.2) is 11.9 Å². The summed E-state index contributed by atoms with van der Waals surface area (Å²) in [6.45, 7) is 4.59. The molecule has 0 radical (unpaired) electrons. The van der Waals surface area contributed by atoms with Crippen molar-refractivity contribution in [2.75, 3.05) is 37.6 Å². The maximum absolute atomic E-state index is 11.4. The molecule has 0 saturated carbocycles. The number of carboxylic acids is 1. The van der Waals surface area contributed by atoms with E-state index in [1.807, 2.05) is 24.4 Å². The summed E-state index contributed by atoms with van der Waals surface area (Å²) in [5.41, 5.74) is 8.92. The highest BCUT2D eigenvalue weighted by Crippen LogP contribution is 2.32. The normalized spacial score (nSPS) is 23.9. The number of carbonyl (C=O) groups excluding carboxylic acids is 1. The highest BCUT2D eigenvalue weighted by molar-refractivity contribution is 5.95. The summed E-state index contributed by atoms with van der Waals surface area (Å²) >= 11 is 0. The quantitative estimate of drug-likeness (QED) is 0.136. The summed E-state index contributed by atoms with van der Waals surface area (Å²) in [6, 6.07) is 12.9. The second-order valence-corrected chi connectivity index (χ2v) is 11.7. The molecule has 7 N–H and O–H groups in total. The number of carbonyl (C=O) groups is 2. The SMILES string of the molecule is N#Cc1cc2c(CCCCN3CCN(c4ccc5oc(C(N)=O)cc5c4)CC3)c[nH]c2cc1O[C@H]1O[C@@H](C(=O)O)[C@H](O)[C@@H](O)[C@@H]1O. The van der Waals surface area contributed by atoms with Crippen molar-refractivity contribution in [2.45, 2.75) is 50.0 Å². The van der Waals surface area contributed by atoms with E-state index in [0.717, 1.165) is 74.0 Å². The highest BCUT2D eigenvalue weighted by Gasteiger charge is 2.48. The summed E-state index contributed by atoms with van der Waals surface area (Å²) in [4.78, 5) is 30.8. The molecular formula is C32H35N5O9. The average Bonchev–Trinajstić information content (AvgIpc) is 3.66. The van der Waals surface area contributed by atoms with E-state index < -0.39 is 42.6 Å². The number of aliphatic hydroxyl groups is 3. The first-order valence-electron chi connectivity index (χ1n) is 15.1. The van der Waals surface area contributed by atoms with Gasteiger partial charge in [-0.3, -0.25) is 9.69 Å². The number of carboxylic acid groups (broad SMARTS) is 1. The smallest absolute Gasteiger partial charge is 0.335 e. The Kier molecular flexibility index (Phi) is 8.85. The van der Waals surface area contributed by atoms with E-state index in [0.29, 0.717) is 11.1 Å². The van der Waals surface area contributed by atoms with Gasteiger partial charge < -0.3 is 49.9 Å². The number of amides is 1. The molecule has 14 heteroatoms. The molecule has 2 saturated heterocycles. The van der Waals surface area contributed by atoms with Crippen molar-refractivity contribution < 1.29 is 43.9 Å². The van der Waals surface area contributed by atoms with Crippen molar-refractivity contribution in [3.8, 4) is 11.8 Å². The van der Waals surface area contributed by atoms with Crippen LogP contribution in [0.3, 0.4) is 0 Å². The van der Waals surface area contributed by atoms with Gasteiger partial charge in [0.25, 0.3) is 5.91 Å². The zero-order valence-corrected chi connectivity index (χ0v) is 24.8. The number of piperazine rings is 1. The first kappa shape index (κ1) is 31.3. The lowest BCUT2D eigenvalue weighted by molar-refractivity contribution is -0.271. The van der Waals surface area contributed by atoms with E-state index >= 15 is 0 Å². The molecule has 242 valence electrons. The van der Waals surface area contributed by atoms with E-state index in [1.54, 1.807) is 18.2 Å². The minimum Gasteiger partial charge on any atom is -0.479 e. The molecule has 0 spiro atoms. The van der Waals surface area contributed by atoms with Crippen molar-refractivity contribution in [1.82, 2.24) is 9.88 Å². The number of unbranched alkanes of at least 4 members (excludes halogenated alkanes) is 1. The lowest BCUT2D eigenvalue weighted by Crippen LogP contribution is -2.61. The van der Waals surface area contributed by atoms with Gasteiger partial charge in [-0.05, 0) is 61.7 Å². The number of ether oxygens (including phenoxy) is 2. The number of H-pyrrole nitrogens is 1. The van der Waals surface area contributed by atoms with Gasteiger partial charge in [-0.25, -0.2) is 4.79 Å². The number of furan rings is 1. The van der Waals surface area contributed by atoms with Gasteiger partial charge in [-0.15, -0.1) is 0 Å². The third kappa shape index (κ3) is 6.23. The largest absolute Gasteiger partial charge is 0.479 e. The van der Waals surface area contributed by atoms with Gasteiger partial charge in [-0.1, -0.05) is 0 Å². The van der Waals surface area contributed by atoms with Gasteiger partial charge in [-0.2, -0.15) is 5.26 Å². The van der Waals surface area contributed by atoms with Crippen molar-refractivity contribution in [3.05, 3.63) is 59.5 Å². The van der Waals surface area contributed by atoms with Crippen LogP contribution in [-0.4, -0.2) is 106 Å². The molecule has 0 unspecified atom stereocenters. The summed E-state index contributed by atoms with van der Waals surface area (Å²) < 4.78 is 16.4. The molecule has 2 fully saturated rings. The van der Waals surface area contributed by atoms with Crippen molar-refractivity contribution in [2.24, 2.45) is 5.73 Å². The number of nitriles is 1. The molecule has 4 aromatic rings. The van der Waals surface area contributed by atoms with Gasteiger partial charge in [0, 0.05) is 60.4 Å². The highest BCUT2D eigenvalue weighted by atomic mass is 16.7. The second-order valence-electron chi connectivity index (χ2n) is 11.7. The molecule has 2 aliphatic rings. The molecule has 2 aromatic heterocycles. The van der Waals surface area contributed by atoms with Gasteiger partial charge in [0.05, 0.1) is 5.56 Å². The number of anilines is 1. The van der Waals surface area contributed by atoms with Crippen LogP contribution >= 0.6 is 0 Å². The summed E-state index contributed by atoms with van der Waals surface area (Å²) in [7, 11) is 0. The first-order chi connectivity index (χ1) is 22.1. The maximum atomic E-state index is 11.4. The van der Waals surface area contributed by atoms with E-state index in [9.17, 15) is 35.3 Å². The van der Waals surface area contributed by atoms with Crippen LogP contribution in [0, 0.1) is 11.3 Å². The van der Waals surface area contributed by atoms with Crippen molar-refractivity contribution >= 4 is 39.4 Å². The van der Waals surface area contributed by atoms with Gasteiger partial charge in [0.2, 0.25) is 6.29 Å². The van der Waals surface area contributed by atoms with Crippen LogP contribution in [0.15, 0.2) is 47.0 Å². The molecule has 0 bridgehead atoms. The molecule has 1 amide bonds. The van der Waals surface area contributed by atoms with E-state index in [2.05, 4.69) is 20.9 Å². The number of aliphatic hydroxyl groups excluding tert-OH is 3. The zero-order valence-electron chi connectivity index (χ0n) is 24.8. The van der Waals surface area contributed by atoms with Gasteiger partial charge in [0.1, 0.15) is 35.7 Å². The fourth-order valence-electron chi connectivity index (χ4n) is 6.10. The van der Waals surface area contributed by atoms with Crippen LogP contribution in [-0.2, 0) is 16.0 Å². The topological polar surface area (TPSA) is 219 Å². The Hall–Kier alpha value is -4.65. The monoisotopic (exact) mass is 633 g/mol. The maximum Gasteiger partial charge on any atom is 0.335 e. The predicted octanol–water partition coefficient (Wildman–Crippen LogP) is 1.30. The predicted molar refractivity (Wildman–Crippen MR) is 164 cm³/mol. The molecule has 4 heterocycles. The Morgan fingerprint density at radius 3 is 2.54 bits per heavy atom. The van der Waals surface area contributed by atoms with Crippen LogP contribution in [0.1, 0.15) is 34.5 Å².